The first-order chi connectivity index (χ1) is 11.0. The number of unbranched alkanes of at least 4 members (excludes halogenated alkanes) is 2. The van der Waals surface area contributed by atoms with Gasteiger partial charge in [-0.15, -0.1) is 0 Å². The van der Waals surface area contributed by atoms with Crippen LogP contribution < -0.4 is 10.1 Å². The van der Waals surface area contributed by atoms with Gasteiger partial charge in [-0.25, -0.2) is 0 Å². The normalized spacial score (nSPS) is 20.0. The lowest BCUT2D eigenvalue weighted by Crippen LogP contribution is -2.30. The van der Waals surface area contributed by atoms with Gasteiger partial charge in [-0.2, -0.15) is 0 Å². The van der Waals surface area contributed by atoms with Crippen molar-refractivity contribution in [1.82, 2.24) is 0 Å². The summed E-state index contributed by atoms with van der Waals surface area (Å²) in [6.45, 7) is 5.94. The van der Waals surface area contributed by atoms with Gasteiger partial charge in [-0.3, -0.25) is 4.79 Å². The summed E-state index contributed by atoms with van der Waals surface area (Å²) >= 11 is 0. The molecule has 0 saturated heterocycles. The van der Waals surface area contributed by atoms with E-state index in [1.807, 2.05) is 6.92 Å². The third-order valence-corrected chi connectivity index (χ3v) is 4.11. The van der Waals surface area contributed by atoms with Gasteiger partial charge in [0.15, 0.2) is 5.78 Å². The number of aliphatic hydroxyl groups is 1. The van der Waals surface area contributed by atoms with E-state index >= 15 is 0 Å². The van der Waals surface area contributed by atoms with Crippen LogP contribution in [0, 0.1) is 0 Å². The summed E-state index contributed by atoms with van der Waals surface area (Å²) in [7, 11) is 0. The molecule has 23 heavy (non-hydrogen) atoms. The van der Waals surface area contributed by atoms with Crippen molar-refractivity contribution in [3.05, 3.63) is 29.5 Å². The van der Waals surface area contributed by atoms with Gasteiger partial charge < -0.3 is 20.3 Å². The van der Waals surface area contributed by atoms with Crippen LogP contribution in [0.3, 0.4) is 0 Å². The quantitative estimate of drug-likeness (QED) is 0.416. The van der Waals surface area contributed by atoms with Crippen molar-refractivity contribution < 1.29 is 19.7 Å². The third kappa shape index (κ3) is 3.78. The van der Waals surface area contributed by atoms with E-state index in [0.29, 0.717) is 11.4 Å². The SMILES string of the molecule is CCCCCC(C)Oc1cc(O)c2c(c1)NC(C)C(=CO)C2=O. The summed E-state index contributed by atoms with van der Waals surface area (Å²) in [6, 6.07) is 2.87. The highest BCUT2D eigenvalue weighted by Crippen LogP contribution is 2.38. The molecule has 0 spiro atoms. The summed E-state index contributed by atoms with van der Waals surface area (Å²) < 4.78 is 5.86. The van der Waals surface area contributed by atoms with E-state index in [9.17, 15) is 15.0 Å². The monoisotopic (exact) mass is 319 g/mol. The van der Waals surface area contributed by atoms with Crippen LogP contribution in [-0.4, -0.2) is 28.1 Å². The predicted molar refractivity (Wildman–Crippen MR) is 90.5 cm³/mol. The van der Waals surface area contributed by atoms with Crippen LogP contribution >= 0.6 is 0 Å². The van der Waals surface area contributed by atoms with Gasteiger partial charge in [-0.05, 0) is 26.7 Å². The molecule has 2 rings (SSSR count). The first kappa shape index (κ1) is 17.2. The van der Waals surface area contributed by atoms with E-state index in [1.54, 1.807) is 13.0 Å². The minimum absolute atomic E-state index is 0.0450. The minimum atomic E-state index is -0.367. The van der Waals surface area contributed by atoms with Crippen LogP contribution in [0.15, 0.2) is 24.0 Å². The lowest BCUT2D eigenvalue weighted by atomic mass is 9.92. The molecule has 1 aliphatic heterocycles. The Morgan fingerprint density at radius 2 is 2.13 bits per heavy atom. The van der Waals surface area contributed by atoms with Crippen LogP contribution in [0.2, 0.25) is 0 Å². The molecule has 0 aromatic heterocycles. The number of benzene rings is 1. The number of ether oxygens (including phenoxy) is 1. The maximum atomic E-state index is 12.3. The van der Waals surface area contributed by atoms with Crippen molar-refractivity contribution in [2.24, 2.45) is 0 Å². The summed E-state index contributed by atoms with van der Waals surface area (Å²) in [5, 5.41) is 22.5. The lowest BCUT2D eigenvalue weighted by molar-refractivity contribution is 0.102. The first-order valence-corrected chi connectivity index (χ1v) is 8.17. The van der Waals surface area contributed by atoms with E-state index in [0.717, 1.165) is 25.5 Å². The first-order valence-electron chi connectivity index (χ1n) is 8.17. The van der Waals surface area contributed by atoms with Gasteiger partial charge in [0.1, 0.15) is 11.5 Å². The number of aromatic hydroxyl groups is 1. The number of anilines is 1. The molecular formula is C18H25NO4. The molecular weight excluding hydrogens is 294 g/mol. The van der Waals surface area contributed by atoms with Gasteiger partial charge in [0.05, 0.1) is 35.2 Å². The molecule has 1 aromatic carbocycles. The fourth-order valence-electron chi connectivity index (χ4n) is 2.82. The molecule has 2 atom stereocenters. The minimum Gasteiger partial charge on any atom is -0.515 e. The predicted octanol–water partition coefficient (Wildman–Crippen LogP) is 4.18. The van der Waals surface area contributed by atoms with Crippen molar-refractivity contribution in [3.8, 4) is 11.5 Å². The Labute approximate surface area is 137 Å². The molecule has 0 radical (unpaired) electrons. The van der Waals surface area contributed by atoms with Crippen LogP contribution in [0.1, 0.15) is 56.8 Å². The maximum absolute atomic E-state index is 12.3. The smallest absolute Gasteiger partial charge is 0.199 e. The molecule has 1 heterocycles. The number of aliphatic hydroxyl groups excluding tert-OH is 1. The number of nitrogens with one attached hydrogen (secondary N) is 1. The average Bonchev–Trinajstić information content (AvgIpc) is 2.47. The van der Waals surface area contributed by atoms with Gasteiger partial charge in [0.2, 0.25) is 0 Å². The molecule has 0 bridgehead atoms. The summed E-state index contributed by atoms with van der Waals surface area (Å²) in [4.78, 5) is 12.3. The molecule has 5 nitrogen and oxygen atoms in total. The second kappa shape index (κ2) is 7.40. The van der Waals surface area contributed by atoms with E-state index in [-0.39, 0.29) is 34.8 Å². The Morgan fingerprint density at radius 1 is 1.39 bits per heavy atom. The summed E-state index contributed by atoms with van der Waals surface area (Å²) in [6.07, 6.45) is 5.23. The molecule has 2 unspecified atom stereocenters. The number of phenolic OH excluding ortho intramolecular Hbond substituents is 1. The number of ketones is 1. The zero-order chi connectivity index (χ0) is 17.0. The van der Waals surface area contributed by atoms with Crippen LogP contribution in [-0.2, 0) is 0 Å². The lowest BCUT2D eigenvalue weighted by Gasteiger charge is -2.26. The van der Waals surface area contributed by atoms with Crippen LogP contribution in [0.4, 0.5) is 5.69 Å². The number of carbonyl (C=O) groups is 1. The number of phenols is 1. The van der Waals surface area contributed by atoms with Crippen molar-refractivity contribution in [2.45, 2.75) is 58.6 Å². The van der Waals surface area contributed by atoms with Crippen LogP contribution in [0.25, 0.3) is 0 Å². The second-order valence-electron chi connectivity index (χ2n) is 6.07. The third-order valence-electron chi connectivity index (χ3n) is 4.11. The Morgan fingerprint density at radius 3 is 2.78 bits per heavy atom. The molecule has 0 saturated carbocycles. The summed E-state index contributed by atoms with van der Waals surface area (Å²) in [5.41, 5.74) is 0.938. The summed E-state index contributed by atoms with van der Waals surface area (Å²) in [5.74, 6) is 0.0324. The maximum Gasteiger partial charge on any atom is 0.199 e. The van der Waals surface area contributed by atoms with Crippen molar-refractivity contribution in [2.75, 3.05) is 5.32 Å². The van der Waals surface area contributed by atoms with Crippen molar-refractivity contribution >= 4 is 11.5 Å². The number of fused-ring (bicyclic) bond motifs is 1. The van der Waals surface area contributed by atoms with E-state index < -0.39 is 0 Å². The Balaban J connectivity index is 2.19. The Hall–Kier alpha value is -2.17. The number of carbonyl (C=O) groups excluding carboxylic acids is 1. The molecule has 0 amide bonds. The average molecular weight is 319 g/mol. The molecule has 1 aliphatic rings. The molecule has 126 valence electrons. The molecule has 0 fully saturated rings. The number of Topliss-reactive ketones (excluding diaryl/α,β-unsaturated/α-hetero) is 1. The Kier molecular flexibility index (Phi) is 5.53. The molecule has 3 N–H and O–H groups in total. The van der Waals surface area contributed by atoms with Gasteiger partial charge in [0, 0.05) is 12.1 Å². The topological polar surface area (TPSA) is 78.8 Å². The van der Waals surface area contributed by atoms with Crippen LogP contribution in [0.5, 0.6) is 11.5 Å². The van der Waals surface area contributed by atoms with E-state index in [2.05, 4.69) is 12.2 Å². The second-order valence-corrected chi connectivity index (χ2v) is 6.07. The zero-order valence-electron chi connectivity index (χ0n) is 13.9. The number of rotatable bonds is 6. The van der Waals surface area contributed by atoms with Gasteiger partial charge in [-0.1, -0.05) is 19.8 Å². The van der Waals surface area contributed by atoms with E-state index in [4.69, 9.17) is 4.74 Å². The molecule has 1 aromatic rings. The largest absolute Gasteiger partial charge is 0.515 e. The van der Waals surface area contributed by atoms with E-state index in [1.165, 1.54) is 12.5 Å². The Bertz CT molecular complexity index is 609. The highest BCUT2D eigenvalue weighted by atomic mass is 16.5. The zero-order valence-corrected chi connectivity index (χ0v) is 13.9. The highest BCUT2D eigenvalue weighted by Gasteiger charge is 2.30. The highest BCUT2D eigenvalue weighted by molar-refractivity contribution is 6.16. The standard InChI is InChI=1S/C18H25NO4/c1-4-5-6-7-11(2)23-13-8-15-17(16(21)9-13)18(22)14(10-20)12(3)19-15/h8-12,19-21H,4-7H2,1-3H3. The van der Waals surface area contributed by atoms with Gasteiger partial charge in [0.25, 0.3) is 0 Å². The molecule has 5 heteroatoms. The molecule has 0 aliphatic carbocycles. The van der Waals surface area contributed by atoms with Crippen molar-refractivity contribution in [1.29, 1.82) is 0 Å². The fraction of sp³-hybridized carbons (Fsp3) is 0.500. The van der Waals surface area contributed by atoms with Gasteiger partial charge >= 0.3 is 0 Å². The number of hydrogen-bond acceptors (Lipinski definition) is 5. The fourth-order valence-corrected chi connectivity index (χ4v) is 2.82. The van der Waals surface area contributed by atoms with Crippen molar-refractivity contribution in [3.63, 3.8) is 0 Å². The number of hydrogen-bond donors (Lipinski definition) is 3.